The zero-order chi connectivity index (χ0) is 10.5. The zero-order valence-electron chi connectivity index (χ0n) is 8.22. The quantitative estimate of drug-likeness (QED) is 0.787. The van der Waals surface area contributed by atoms with Crippen LogP contribution in [0.25, 0.3) is 0 Å². The number of aromatic nitrogens is 1. The predicted octanol–water partition coefficient (Wildman–Crippen LogP) is 2.50. The number of nitrogens with zero attached hydrogens (tertiary/aromatic N) is 1. The Hall–Kier alpha value is -1.48. The van der Waals surface area contributed by atoms with Gasteiger partial charge in [0.25, 0.3) is 0 Å². The van der Waals surface area contributed by atoms with Crippen molar-refractivity contribution in [2.24, 2.45) is 0 Å². The molecule has 0 bridgehead atoms. The zero-order valence-corrected chi connectivity index (χ0v) is 9.04. The van der Waals surface area contributed by atoms with Gasteiger partial charge < -0.3 is 0 Å². The average molecular weight is 217 g/mol. The molecule has 0 aliphatic rings. The summed E-state index contributed by atoms with van der Waals surface area (Å²) in [5.41, 5.74) is 1.03. The number of ketones is 1. The first-order chi connectivity index (χ1) is 7.34. The fourth-order valence-electron chi connectivity index (χ4n) is 1.40. The number of hydrogen-bond acceptors (Lipinski definition) is 3. The van der Waals surface area contributed by atoms with Crippen LogP contribution in [0.3, 0.4) is 0 Å². The molecule has 2 rings (SSSR count). The van der Waals surface area contributed by atoms with Gasteiger partial charge in [-0.05, 0) is 29.1 Å². The van der Waals surface area contributed by atoms with Crippen LogP contribution in [0.5, 0.6) is 0 Å². The van der Waals surface area contributed by atoms with Crippen LogP contribution in [0.2, 0.25) is 0 Å². The highest BCUT2D eigenvalue weighted by Crippen LogP contribution is 2.10. The molecule has 0 radical (unpaired) electrons. The Morgan fingerprint density at radius 1 is 1.20 bits per heavy atom. The fraction of sp³-hybridized carbons (Fsp3) is 0.167. The number of Topliss-reactive ketones (excluding diaryl/α,β-unsaturated/α-hetero) is 1. The third-order valence-corrected chi connectivity index (χ3v) is 2.98. The van der Waals surface area contributed by atoms with Crippen molar-refractivity contribution in [1.29, 1.82) is 0 Å². The maximum absolute atomic E-state index is 11.7. The van der Waals surface area contributed by atoms with Crippen molar-refractivity contribution < 1.29 is 4.79 Å². The number of rotatable bonds is 4. The summed E-state index contributed by atoms with van der Waals surface area (Å²) in [4.78, 5) is 16.7. The molecule has 0 spiro atoms. The Labute approximate surface area is 92.6 Å². The van der Waals surface area contributed by atoms with Crippen molar-refractivity contribution in [2.45, 2.75) is 12.8 Å². The molecule has 0 aliphatic carbocycles. The van der Waals surface area contributed by atoms with E-state index in [2.05, 4.69) is 4.98 Å². The minimum Gasteiger partial charge on any atom is -0.299 e. The fourth-order valence-corrected chi connectivity index (χ4v) is 2.13. The van der Waals surface area contributed by atoms with Crippen LogP contribution in [-0.2, 0) is 17.6 Å². The Morgan fingerprint density at radius 3 is 2.67 bits per heavy atom. The standard InChI is InChI=1S/C12H11NOS/c14-11(9-12-2-1-7-15-12)8-10-3-5-13-6-4-10/h1-7H,8-9H2. The second-order valence-corrected chi connectivity index (χ2v) is 4.36. The van der Waals surface area contributed by atoms with E-state index in [-0.39, 0.29) is 5.78 Å². The van der Waals surface area contributed by atoms with Gasteiger partial charge in [0.05, 0.1) is 0 Å². The summed E-state index contributed by atoms with van der Waals surface area (Å²) in [6, 6.07) is 7.73. The molecular weight excluding hydrogens is 206 g/mol. The van der Waals surface area contributed by atoms with Crippen molar-refractivity contribution in [2.75, 3.05) is 0 Å². The van der Waals surface area contributed by atoms with Crippen molar-refractivity contribution in [3.63, 3.8) is 0 Å². The van der Waals surface area contributed by atoms with Crippen molar-refractivity contribution in [3.05, 3.63) is 52.5 Å². The number of carbonyl (C=O) groups excluding carboxylic acids is 1. The van der Waals surface area contributed by atoms with E-state index in [0.29, 0.717) is 12.8 Å². The highest BCUT2D eigenvalue weighted by molar-refractivity contribution is 7.10. The minimum atomic E-state index is 0.253. The van der Waals surface area contributed by atoms with Crippen LogP contribution >= 0.6 is 11.3 Å². The van der Waals surface area contributed by atoms with E-state index in [9.17, 15) is 4.79 Å². The summed E-state index contributed by atoms with van der Waals surface area (Å²) in [5, 5.41) is 2.00. The Balaban J connectivity index is 1.94. The van der Waals surface area contributed by atoms with Crippen LogP contribution in [0.4, 0.5) is 0 Å². The monoisotopic (exact) mass is 217 g/mol. The van der Waals surface area contributed by atoms with Gasteiger partial charge in [0.1, 0.15) is 5.78 Å². The van der Waals surface area contributed by atoms with Crippen molar-refractivity contribution in [3.8, 4) is 0 Å². The van der Waals surface area contributed by atoms with Gasteiger partial charge in [-0.2, -0.15) is 0 Å². The van der Waals surface area contributed by atoms with E-state index in [0.717, 1.165) is 10.4 Å². The molecule has 2 heterocycles. The maximum Gasteiger partial charge on any atom is 0.142 e. The predicted molar refractivity (Wildman–Crippen MR) is 61.0 cm³/mol. The number of hydrogen-bond donors (Lipinski definition) is 0. The van der Waals surface area contributed by atoms with Crippen LogP contribution in [0.15, 0.2) is 42.0 Å². The van der Waals surface area contributed by atoms with Gasteiger partial charge in [-0.15, -0.1) is 11.3 Å². The Bertz CT molecular complexity index is 422. The molecule has 0 aromatic carbocycles. The third-order valence-electron chi connectivity index (χ3n) is 2.10. The van der Waals surface area contributed by atoms with Crippen LogP contribution in [0, 0.1) is 0 Å². The lowest BCUT2D eigenvalue weighted by Gasteiger charge is -1.98. The lowest BCUT2D eigenvalue weighted by atomic mass is 10.1. The molecular formula is C12H11NOS. The molecule has 0 aliphatic heterocycles. The van der Waals surface area contributed by atoms with E-state index >= 15 is 0 Å². The van der Waals surface area contributed by atoms with Gasteiger partial charge in [-0.1, -0.05) is 6.07 Å². The van der Waals surface area contributed by atoms with E-state index in [1.54, 1.807) is 23.7 Å². The van der Waals surface area contributed by atoms with Gasteiger partial charge in [-0.25, -0.2) is 0 Å². The first-order valence-corrected chi connectivity index (χ1v) is 5.65. The number of carbonyl (C=O) groups is 1. The van der Waals surface area contributed by atoms with E-state index in [1.165, 1.54) is 0 Å². The average Bonchev–Trinajstić information content (AvgIpc) is 2.71. The molecule has 0 fully saturated rings. The highest BCUT2D eigenvalue weighted by Gasteiger charge is 2.05. The van der Waals surface area contributed by atoms with Crippen LogP contribution in [-0.4, -0.2) is 10.8 Å². The molecule has 2 nitrogen and oxygen atoms in total. The molecule has 2 aromatic heterocycles. The van der Waals surface area contributed by atoms with E-state index in [4.69, 9.17) is 0 Å². The summed E-state index contributed by atoms with van der Waals surface area (Å²) in [7, 11) is 0. The summed E-state index contributed by atoms with van der Waals surface area (Å²) in [6.45, 7) is 0. The van der Waals surface area contributed by atoms with Gasteiger partial charge in [0.2, 0.25) is 0 Å². The summed E-state index contributed by atoms with van der Waals surface area (Å²) < 4.78 is 0. The molecule has 0 atom stereocenters. The molecule has 3 heteroatoms. The lowest BCUT2D eigenvalue weighted by molar-refractivity contribution is -0.117. The molecule has 2 aromatic rings. The van der Waals surface area contributed by atoms with Crippen molar-refractivity contribution >= 4 is 17.1 Å². The van der Waals surface area contributed by atoms with Gasteiger partial charge in [0, 0.05) is 30.1 Å². The van der Waals surface area contributed by atoms with E-state index < -0.39 is 0 Å². The smallest absolute Gasteiger partial charge is 0.142 e. The lowest BCUT2D eigenvalue weighted by Crippen LogP contribution is -2.05. The number of thiophene rings is 1. The summed E-state index contributed by atoms with van der Waals surface area (Å²) in [5.74, 6) is 0.253. The van der Waals surface area contributed by atoms with Crippen LogP contribution in [0.1, 0.15) is 10.4 Å². The first-order valence-electron chi connectivity index (χ1n) is 4.77. The summed E-state index contributed by atoms with van der Waals surface area (Å²) >= 11 is 1.63. The second-order valence-electron chi connectivity index (χ2n) is 3.33. The molecule has 15 heavy (non-hydrogen) atoms. The van der Waals surface area contributed by atoms with E-state index in [1.807, 2.05) is 29.6 Å². The molecule has 0 amide bonds. The summed E-state index contributed by atoms with van der Waals surface area (Å²) in [6.07, 6.45) is 4.47. The topological polar surface area (TPSA) is 30.0 Å². The Morgan fingerprint density at radius 2 is 2.00 bits per heavy atom. The normalized spacial score (nSPS) is 10.1. The first kappa shape index (κ1) is 10.1. The molecule has 76 valence electrons. The Kier molecular flexibility index (Phi) is 3.25. The van der Waals surface area contributed by atoms with Gasteiger partial charge in [-0.3, -0.25) is 9.78 Å². The van der Waals surface area contributed by atoms with Crippen molar-refractivity contribution in [1.82, 2.24) is 4.98 Å². The SMILES string of the molecule is O=C(Cc1ccncc1)Cc1cccs1. The molecule has 0 saturated carbocycles. The van der Waals surface area contributed by atoms with Gasteiger partial charge in [0.15, 0.2) is 0 Å². The van der Waals surface area contributed by atoms with Gasteiger partial charge >= 0.3 is 0 Å². The second kappa shape index (κ2) is 4.84. The molecule has 0 unspecified atom stereocenters. The maximum atomic E-state index is 11.7. The largest absolute Gasteiger partial charge is 0.299 e. The number of pyridine rings is 1. The molecule has 0 saturated heterocycles. The highest BCUT2D eigenvalue weighted by atomic mass is 32.1. The molecule has 0 N–H and O–H groups in total. The third kappa shape index (κ3) is 2.99. The minimum absolute atomic E-state index is 0.253. The van der Waals surface area contributed by atoms with Crippen LogP contribution < -0.4 is 0 Å².